The summed E-state index contributed by atoms with van der Waals surface area (Å²) in [5.41, 5.74) is -0.917. The Hall–Kier alpha value is -3.58. The Kier molecular flexibility index (Phi) is 7.94. The van der Waals surface area contributed by atoms with Crippen LogP contribution in [0.1, 0.15) is 26.3 Å². The molecule has 1 fully saturated rings. The van der Waals surface area contributed by atoms with Crippen molar-refractivity contribution in [2.75, 3.05) is 25.0 Å². The first-order valence-corrected chi connectivity index (χ1v) is 12.5. The van der Waals surface area contributed by atoms with Crippen molar-refractivity contribution < 1.29 is 36.3 Å². The summed E-state index contributed by atoms with van der Waals surface area (Å²) in [7, 11) is -3.66. The van der Waals surface area contributed by atoms with Crippen molar-refractivity contribution >= 4 is 33.6 Å². The molecule has 0 spiro atoms. The van der Waals surface area contributed by atoms with Gasteiger partial charge in [0.1, 0.15) is 17.8 Å². The minimum absolute atomic E-state index is 0.0685. The van der Waals surface area contributed by atoms with Gasteiger partial charge in [-0.05, 0) is 48.9 Å². The number of anilines is 1. The fourth-order valence-electron chi connectivity index (χ4n) is 3.77. The average molecular weight is 525 g/mol. The Morgan fingerprint density at radius 1 is 1.08 bits per heavy atom. The Labute approximate surface area is 207 Å². The van der Waals surface area contributed by atoms with Crippen molar-refractivity contribution in [3.8, 4) is 5.75 Å². The molecule has 1 aliphatic heterocycles. The van der Waals surface area contributed by atoms with Crippen molar-refractivity contribution in [1.82, 2.24) is 14.5 Å². The van der Waals surface area contributed by atoms with E-state index in [1.165, 1.54) is 59.8 Å². The molecule has 4 amide bonds. The van der Waals surface area contributed by atoms with Crippen molar-refractivity contribution in [2.45, 2.75) is 37.8 Å². The number of carbonyl (C=O) groups excluding carboxylic acids is 3. The molecule has 13 heteroatoms. The van der Waals surface area contributed by atoms with Gasteiger partial charge in [-0.15, -0.1) is 0 Å². The van der Waals surface area contributed by atoms with Gasteiger partial charge in [-0.1, -0.05) is 26.0 Å². The summed E-state index contributed by atoms with van der Waals surface area (Å²) in [5, 5.41) is 5.05. The molecule has 36 heavy (non-hydrogen) atoms. The number of hydrogen-bond donors (Lipinski definition) is 2. The number of benzene rings is 2. The predicted molar refractivity (Wildman–Crippen MR) is 126 cm³/mol. The van der Waals surface area contributed by atoms with Crippen molar-refractivity contribution in [2.24, 2.45) is 0 Å². The number of imide groups is 1. The molecule has 2 aromatic carbocycles. The quantitative estimate of drug-likeness (QED) is 0.461. The number of sulfonamides is 1. The molecule has 0 aromatic heterocycles. The highest BCUT2D eigenvalue weighted by Gasteiger charge is 2.49. The first-order valence-electron chi connectivity index (χ1n) is 11.0. The summed E-state index contributed by atoms with van der Waals surface area (Å²) in [6.45, 7) is 1.93. The second kappa shape index (κ2) is 10.6. The molecule has 1 saturated heterocycles. The van der Waals surface area contributed by atoms with Gasteiger partial charge in [0.05, 0.1) is 4.90 Å². The predicted octanol–water partition coefficient (Wildman–Crippen LogP) is 2.72. The van der Waals surface area contributed by atoms with E-state index in [0.717, 1.165) is 4.90 Å². The summed E-state index contributed by atoms with van der Waals surface area (Å²) in [6, 6.07) is 9.95. The third kappa shape index (κ3) is 5.46. The maximum absolute atomic E-state index is 13.0. The SMILES string of the molecule is CCN(CC)S(=O)(=O)c1ccc(NC(=O)CN2C(=O)N[C@](C)(c3ccc(OC(F)F)cc3)C2=O)cc1. The third-order valence-corrected chi connectivity index (χ3v) is 7.78. The van der Waals surface area contributed by atoms with E-state index in [0.29, 0.717) is 18.7 Å². The molecule has 1 atom stereocenters. The monoisotopic (exact) mass is 524 g/mol. The van der Waals surface area contributed by atoms with Crippen LogP contribution in [-0.4, -0.2) is 61.7 Å². The standard InChI is InChI=1S/C23H26F2N4O6S/c1-4-28(5-2)36(33,34)18-12-8-16(9-13-18)26-19(30)14-29-20(31)23(3,27-22(29)32)15-6-10-17(11-7-15)35-21(24)25/h6-13,21H,4-5,14H2,1-3H3,(H,26,30)(H,27,32)/t23-/m1/s1. The van der Waals surface area contributed by atoms with Crippen LogP contribution in [0, 0.1) is 0 Å². The van der Waals surface area contributed by atoms with Crippen LogP contribution in [0.25, 0.3) is 0 Å². The highest BCUT2D eigenvalue weighted by molar-refractivity contribution is 7.89. The minimum atomic E-state index is -3.66. The number of nitrogens with zero attached hydrogens (tertiary/aromatic N) is 2. The van der Waals surface area contributed by atoms with E-state index >= 15 is 0 Å². The number of alkyl halides is 2. The van der Waals surface area contributed by atoms with E-state index < -0.39 is 46.6 Å². The number of amides is 4. The lowest BCUT2D eigenvalue weighted by Crippen LogP contribution is -2.42. The van der Waals surface area contributed by atoms with Crippen molar-refractivity contribution in [1.29, 1.82) is 0 Å². The van der Waals surface area contributed by atoms with Crippen LogP contribution >= 0.6 is 0 Å². The lowest BCUT2D eigenvalue weighted by atomic mass is 9.92. The average Bonchev–Trinajstić information content (AvgIpc) is 3.04. The maximum atomic E-state index is 13.0. The first-order chi connectivity index (χ1) is 16.9. The van der Waals surface area contributed by atoms with E-state index in [-0.39, 0.29) is 16.3 Å². The van der Waals surface area contributed by atoms with Crippen molar-refractivity contribution in [3.05, 3.63) is 54.1 Å². The van der Waals surface area contributed by atoms with Gasteiger partial charge in [0, 0.05) is 18.8 Å². The Balaban J connectivity index is 1.68. The highest BCUT2D eigenvalue weighted by atomic mass is 32.2. The normalized spacial score (nSPS) is 18.0. The molecule has 0 unspecified atom stereocenters. The molecular weight excluding hydrogens is 498 g/mol. The van der Waals surface area contributed by atoms with Crippen LogP contribution in [0.15, 0.2) is 53.4 Å². The van der Waals surface area contributed by atoms with Gasteiger partial charge < -0.3 is 15.4 Å². The summed E-state index contributed by atoms with van der Waals surface area (Å²) in [6.07, 6.45) is 0. The van der Waals surface area contributed by atoms with E-state index in [9.17, 15) is 31.6 Å². The molecular formula is C23H26F2N4O6S. The van der Waals surface area contributed by atoms with Gasteiger partial charge in [0.25, 0.3) is 5.91 Å². The number of carbonyl (C=O) groups is 3. The number of hydrogen-bond acceptors (Lipinski definition) is 6. The molecule has 0 bridgehead atoms. The zero-order valence-electron chi connectivity index (χ0n) is 19.8. The van der Waals surface area contributed by atoms with Crippen LogP contribution in [-0.2, 0) is 25.2 Å². The molecule has 0 radical (unpaired) electrons. The van der Waals surface area contributed by atoms with Crippen molar-refractivity contribution in [3.63, 3.8) is 0 Å². The molecule has 0 aliphatic carbocycles. The fourth-order valence-corrected chi connectivity index (χ4v) is 5.23. The lowest BCUT2D eigenvalue weighted by Gasteiger charge is -2.22. The highest BCUT2D eigenvalue weighted by Crippen LogP contribution is 2.30. The molecule has 1 heterocycles. The van der Waals surface area contributed by atoms with Gasteiger partial charge >= 0.3 is 12.6 Å². The van der Waals surface area contributed by atoms with Gasteiger partial charge in [-0.2, -0.15) is 13.1 Å². The summed E-state index contributed by atoms with van der Waals surface area (Å²) in [4.78, 5) is 38.8. The maximum Gasteiger partial charge on any atom is 0.387 e. The number of ether oxygens (including phenoxy) is 1. The van der Waals surface area contributed by atoms with Gasteiger partial charge in [0.15, 0.2) is 0 Å². The minimum Gasteiger partial charge on any atom is -0.435 e. The van der Waals surface area contributed by atoms with Crippen LogP contribution < -0.4 is 15.4 Å². The summed E-state index contributed by atoms with van der Waals surface area (Å²) in [5.74, 6) is -1.49. The molecule has 194 valence electrons. The first kappa shape index (κ1) is 27.0. The third-order valence-electron chi connectivity index (χ3n) is 5.71. The van der Waals surface area contributed by atoms with Gasteiger partial charge in [-0.3, -0.25) is 14.5 Å². The molecule has 2 aromatic rings. The second-order valence-electron chi connectivity index (χ2n) is 8.01. The lowest BCUT2D eigenvalue weighted by molar-refractivity contribution is -0.133. The largest absolute Gasteiger partial charge is 0.435 e. The Morgan fingerprint density at radius 2 is 1.67 bits per heavy atom. The topological polar surface area (TPSA) is 125 Å². The van der Waals surface area contributed by atoms with Crippen LogP contribution in [0.4, 0.5) is 19.3 Å². The van der Waals surface area contributed by atoms with Crippen LogP contribution in [0.2, 0.25) is 0 Å². The zero-order valence-corrected chi connectivity index (χ0v) is 20.6. The summed E-state index contributed by atoms with van der Waals surface area (Å²) < 4.78 is 55.5. The van der Waals surface area contributed by atoms with Crippen LogP contribution in [0.5, 0.6) is 5.75 Å². The smallest absolute Gasteiger partial charge is 0.387 e. The number of rotatable bonds is 10. The molecule has 3 rings (SSSR count). The number of halogens is 2. The molecule has 0 saturated carbocycles. The fraction of sp³-hybridized carbons (Fsp3) is 0.348. The molecule has 1 aliphatic rings. The Bertz CT molecular complexity index is 1230. The van der Waals surface area contributed by atoms with E-state index in [4.69, 9.17) is 0 Å². The molecule has 2 N–H and O–H groups in total. The van der Waals surface area contributed by atoms with Gasteiger partial charge in [0.2, 0.25) is 15.9 Å². The molecule has 10 nitrogen and oxygen atoms in total. The second-order valence-corrected chi connectivity index (χ2v) is 9.95. The number of urea groups is 1. The number of nitrogens with one attached hydrogen (secondary N) is 2. The zero-order chi connectivity index (χ0) is 26.7. The van der Waals surface area contributed by atoms with E-state index in [2.05, 4.69) is 15.4 Å². The summed E-state index contributed by atoms with van der Waals surface area (Å²) >= 11 is 0. The van der Waals surface area contributed by atoms with Gasteiger partial charge in [-0.25, -0.2) is 13.2 Å². The Morgan fingerprint density at radius 3 is 2.19 bits per heavy atom. The van der Waals surface area contributed by atoms with E-state index in [1.54, 1.807) is 13.8 Å². The van der Waals surface area contributed by atoms with E-state index in [1.807, 2.05) is 0 Å². The van der Waals surface area contributed by atoms with Crippen LogP contribution in [0.3, 0.4) is 0 Å².